The summed E-state index contributed by atoms with van der Waals surface area (Å²) in [6.45, 7) is 12.1. The van der Waals surface area contributed by atoms with Crippen molar-refractivity contribution in [1.29, 1.82) is 0 Å². The van der Waals surface area contributed by atoms with Crippen molar-refractivity contribution in [3.05, 3.63) is 23.4 Å². The number of hydrogen-bond acceptors (Lipinski definition) is 3. The molecule has 1 N–H and O–H groups in total. The lowest BCUT2D eigenvalue weighted by Crippen LogP contribution is -2.33. The Kier molecular flexibility index (Phi) is 5.26. The van der Waals surface area contributed by atoms with Gasteiger partial charge in [0.15, 0.2) is 0 Å². The molecule has 0 spiro atoms. The molecular formula is C18H31N3. The Morgan fingerprint density at radius 1 is 1.29 bits per heavy atom. The summed E-state index contributed by atoms with van der Waals surface area (Å²) in [5, 5.41) is 3.26. The molecular weight excluding hydrogens is 258 g/mol. The van der Waals surface area contributed by atoms with Gasteiger partial charge in [-0.3, -0.25) is 0 Å². The fourth-order valence-corrected chi connectivity index (χ4v) is 2.80. The molecule has 1 aliphatic rings. The number of hydrogen-bond donors (Lipinski definition) is 1. The van der Waals surface area contributed by atoms with E-state index >= 15 is 0 Å². The zero-order chi connectivity index (χ0) is 15.5. The normalized spacial score (nSPS) is 15.9. The maximum Gasteiger partial charge on any atom is 0.129 e. The highest BCUT2D eigenvalue weighted by atomic mass is 15.2. The number of anilines is 1. The van der Waals surface area contributed by atoms with Gasteiger partial charge in [-0.1, -0.05) is 27.2 Å². The highest BCUT2D eigenvalue weighted by Gasteiger charge is 2.23. The molecule has 1 aromatic heterocycles. The zero-order valence-corrected chi connectivity index (χ0v) is 14.4. The molecule has 0 atom stereocenters. The van der Waals surface area contributed by atoms with Gasteiger partial charge in [0.05, 0.1) is 0 Å². The molecule has 0 saturated heterocycles. The molecule has 118 valence electrons. The largest absolute Gasteiger partial charge is 0.357 e. The summed E-state index contributed by atoms with van der Waals surface area (Å²) in [5.41, 5.74) is 2.62. The van der Waals surface area contributed by atoms with Crippen LogP contribution in [0, 0.1) is 5.92 Å². The Morgan fingerprint density at radius 3 is 2.48 bits per heavy atom. The minimum absolute atomic E-state index is 0.0916. The van der Waals surface area contributed by atoms with Crippen LogP contribution >= 0.6 is 0 Å². The third-order valence-electron chi connectivity index (χ3n) is 4.43. The van der Waals surface area contributed by atoms with Crippen LogP contribution in [-0.2, 0) is 12.0 Å². The van der Waals surface area contributed by atoms with Crippen LogP contribution in [0.3, 0.4) is 0 Å². The van der Waals surface area contributed by atoms with Gasteiger partial charge in [-0.05, 0) is 50.4 Å². The van der Waals surface area contributed by atoms with Crippen molar-refractivity contribution >= 4 is 5.82 Å². The second kappa shape index (κ2) is 6.78. The Balaban J connectivity index is 2.28. The minimum atomic E-state index is 0.0916. The monoisotopic (exact) mass is 289 g/mol. The second-order valence-corrected chi connectivity index (χ2v) is 7.33. The quantitative estimate of drug-likeness (QED) is 0.865. The van der Waals surface area contributed by atoms with Crippen molar-refractivity contribution in [2.24, 2.45) is 5.92 Å². The van der Waals surface area contributed by atoms with Gasteiger partial charge >= 0.3 is 0 Å². The zero-order valence-electron chi connectivity index (χ0n) is 14.4. The first kappa shape index (κ1) is 16.3. The molecule has 21 heavy (non-hydrogen) atoms. The van der Waals surface area contributed by atoms with Gasteiger partial charge < -0.3 is 10.2 Å². The van der Waals surface area contributed by atoms with Crippen LogP contribution in [0.1, 0.15) is 58.2 Å². The molecule has 0 aromatic carbocycles. The van der Waals surface area contributed by atoms with Crippen molar-refractivity contribution in [3.8, 4) is 0 Å². The Hall–Kier alpha value is -1.09. The summed E-state index contributed by atoms with van der Waals surface area (Å²) in [6, 6.07) is 4.51. The van der Waals surface area contributed by atoms with Crippen molar-refractivity contribution in [1.82, 2.24) is 10.3 Å². The van der Waals surface area contributed by atoms with E-state index in [4.69, 9.17) is 4.98 Å². The molecule has 1 aromatic rings. The summed E-state index contributed by atoms with van der Waals surface area (Å²) in [5.74, 6) is 2.03. The van der Waals surface area contributed by atoms with Gasteiger partial charge in [-0.25, -0.2) is 4.98 Å². The lowest BCUT2D eigenvalue weighted by molar-refractivity contribution is 0.318. The van der Waals surface area contributed by atoms with E-state index in [1.54, 1.807) is 0 Å². The summed E-state index contributed by atoms with van der Waals surface area (Å²) < 4.78 is 0. The third kappa shape index (κ3) is 4.19. The van der Waals surface area contributed by atoms with Crippen LogP contribution in [0.25, 0.3) is 0 Å². The fraction of sp³-hybridized carbons (Fsp3) is 0.722. The molecule has 0 amide bonds. The predicted octanol–water partition coefficient (Wildman–Crippen LogP) is 3.72. The van der Waals surface area contributed by atoms with E-state index in [1.165, 1.54) is 30.5 Å². The van der Waals surface area contributed by atoms with Crippen LogP contribution in [0.4, 0.5) is 5.82 Å². The molecule has 0 aliphatic heterocycles. The van der Waals surface area contributed by atoms with Crippen molar-refractivity contribution in [2.75, 3.05) is 25.0 Å². The molecule has 2 rings (SSSR count). The van der Waals surface area contributed by atoms with Gasteiger partial charge in [-0.2, -0.15) is 0 Å². The highest BCUT2D eigenvalue weighted by Crippen LogP contribution is 2.30. The Morgan fingerprint density at radius 2 is 2.00 bits per heavy atom. The van der Waals surface area contributed by atoms with Gasteiger partial charge in [0.25, 0.3) is 0 Å². The lowest BCUT2D eigenvalue weighted by atomic mass is 9.85. The van der Waals surface area contributed by atoms with E-state index in [-0.39, 0.29) is 5.41 Å². The van der Waals surface area contributed by atoms with Crippen LogP contribution in [-0.4, -0.2) is 25.1 Å². The predicted molar refractivity (Wildman–Crippen MR) is 90.9 cm³/mol. The maximum absolute atomic E-state index is 4.97. The second-order valence-electron chi connectivity index (χ2n) is 7.33. The molecule has 3 nitrogen and oxygen atoms in total. The van der Waals surface area contributed by atoms with E-state index in [2.05, 4.69) is 50.0 Å². The first-order chi connectivity index (χ1) is 9.94. The molecule has 1 fully saturated rings. The Labute approximate surface area is 130 Å². The minimum Gasteiger partial charge on any atom is -0.357 e. The Bertz CT molecular complexity index is 458. The summed E-state index contributed by atoms with van der Waals surface area (Å²) in [4.78, 5) is 7.42. The van der Waals surface area contributed by atoms with Crippen LogP contribution < -0.4 is 10.2 Å². The average molecular weight is 289 g/mol. The number of rotatable bonds is 6. The van der Waals surface area contributed by atoms with E-state index in [1.807, 2.05) is 7.05 Å². The molecule has 0 bridgehead atoms. The smallest absolute Gasteiger partial charge is 0.129 e. The summed E-state index contributed by atoms with van der Waals surface area (Å²) in [7, 11) is 2.00. The standard InChI is InChI=1S/C18H31N3/c1-6-21(13-14-8-7-9-14)17-11-15(12-19-5)10-16(20-17)18(2,3)4/h10-11,14,19H,6-9,12-13H2,1-5H3. The third-order valence-corrected chi connectivity index (χ3v) is 4.43. The summed E-state index contributed by atoms with van der Waals surface area (Å²) in [6.07, 6.45) is 4.18. The lowest BCUT2D eigenvalue weighted by Gasteiger charge is -2.33. The topological polar surface area (TPSA) is 28.2 Å². The van der Waals surface area contributed by atoms with Gasteiger partial charge in [0.1, 0.15) is 5.82 Å². The summed E-state index contributed by atoms with van der Waals surface area (Å²) >= 11 is 0. The number of nitrogens with one attached hydrogen (secondary N) is 1. The van der Waals surface area contributed by atoms with Gasteiger partial charge in [-0.15, -0.1) is 0 Å². The van der Waals surface area contributed by atoms with Crippen molar-refractivity contribution < 1.29 is 0 Å². The van der Waals surface area contributed by atoms with Crippen LogP contribution in [0.2, 0.25) is 0 Å². The maximum atomic E-state index is 4.97. The SMILES string of the molecule is CCN(CC1CCC1)c1cc(CNC)cc(C(C)(C)C)n1. The van der Waals surface area contributed by atoms with E-state index in [0.717, 1.165) is 31.4 Å². The van der Waals surface area contributed by atoms with E-state index in [9.17, 15) is 0 Å². The first-order valence-corrected chi connectivity index (χ1v) is 8.35. The molecule has 0 unspecified atom stereocenters. The van der Waals surface area contributed by atoms with Gasteiger partial charge in [0, 0.05) is 30.7 Å². The molecule has 1 saturated carbocycles. The number of aromatic nitrogens is 1. The molecule has 3 heteroatoms. The van der Waals surface area contributed by atoms with Gasteiger partial charge in [0.2, 0.25) is 0 Å². The van der Waals surface area contributed by atoms with Crippen LogP contribution in [0.5, 0.6) is 0 Å². The van der Waals surface area contributed by atoms with Crippen molar-refractivity contribution in [2.45, 2.75) is 58.9 Å². The molecule has 1 heterocycles. The molecule has 1 aliphatic carbocycles. The molecule has 0 radical (unpaired) electrons. The average Bonchev–Trinajstić information content (AvgIpc) is 2.36. The van der Waals surface area contributed by atoms with Crippen molar-refractivity contribution in [3.63, 3.8) is 0 Å². The highest BCUT2D eigenvalue weighted by molar-refractivity contribution is 5.44. The first-order valence-electron chi connectivity index (χ1n) is 8.35. The van der Waals surface area contributed by atoms with E-state index in [0.29, 0.717) is 0 Å². The number of pyridine rings is 1. The van der Waals surface area contributed by atoms with Crippen LogP contribution in [0.15, 0.2) is 12.1 Å². The number of nitrogens with zero attached hydrogens (tertiary/aromatic N) is 2. The fourth-order valence-electron chi connectivity index (χ4n) is 2.80. The van der Waals surface area contributed by atoms with E-state index < -0.39 is 0 Å².